The van der Waals surface area contributed by atoms with Crippen LogP contribution in [0.2, 0.25) is 0 Å². The Kier molecular flexibility index (Phi) is 7.37. The third-order valence-electron chi connectivity index (χ3n) is 5.17. The summed E-state index contributed by atoms with van der Waals surface area (Å²) in [6, 6.07) is 22.2. The quantitative estimate of drug-likeness (QED) is 0.174. The predicted octanol–water partition coefficient (Wildman–Crippen LogP) is 3.80. The summed E-state index contributed by atoms with van der Waals surface area (Å²) in [5.74, 6) is -1.03. The lowest BCUT2D eigenvalue weighted by Gasteiger charge is -2.12. The van der Waals surface area contributed by atoms with E-state index in [1.54, 1.807) is 72.8 Å². The molecule has 35 heavy (non-hydrogen) atoms. The maximum Gasteiger partial charge on any atom is 0.325 e. The van der Waals surface area contributed by atoms with Gasteiger partial charge in [-0.2, -0.15) is 0 Å². The summed E-state index contributed by atoms with van der Waals surface area (Å²) in [6.07, 6.45) is 0. The molecule has 1 N–H and O–H groups in total. The molecule has 1 heterocycles. The molecule has 176 valence electrons. The summed E-state index contributed by atoms with van der Waals surface area (Å²) in [4.78, 5) is 54.4. The fourth-order valence-electron chi connectivity index (χ4n) is 3.34. The van der Waals surface area contributed by atoms with Crippen LogP contribution in [0.1, 0.15) is 20.7 Å². The zero-order chi connectivity index (χ0) is 24.8. The van der Waals surface area contributed by atoms with Gasteiger partial charge in [0.2, 0.25) is 0 Å². The van der Waals surface area contributed by atoms with E-state index in [9.17, 15) is 19.2 Å². The molecule has 1 amide bonds. The molecule has 0 bridgehead atoms. The largest absolute Gasteiger partial charge is 0.468 e. The number of ether oxygens (including phenoxy) is 1. The minimum atomic E-state index is -0.592. The maximum atomic E-state index is 12.9. The van der Waals surface area contributed by atoms with Gasteiger partial charge in [0.05, 0.1) is 23.8 Å². The first-order valence-corrected chi connectivity index (χ1v) is 11.6. The summed E-state index contributed by atoms with van der Waals surface area (Å²) < 4.78 is 5.92. The number of anilines is 1. The maximum absolute atomic E-state index is 12.9. The number of fused-ring (bicyclic) bond motifs is 1. The van der Waals surface area contributed by atoms with E-state index < -0.39 is 5.97 Å². The molecule has 0 aliphatic rings. The first-order valence-electron chi connectivity index (χ1n) is 10.6. The van der Waals surface area contributed by atoms with E-state index in [2.05, 4.69) is 10.3 Å². The van der Waals surface area contributed by atoms with Crippen molar-refractivity contribution in [2.45, 2.75) is 11.7 Å². The average molecular weight is 488 g/mol. The number of rotatable bonds is 8. The van der Waals surface area contributed by atoms with E-state index in [-0.39, 0.29) is 34.7 Å². The molecule has 0 aliphatic heterocycles. The van der Waals surface area contributed by atoms with Gasteiger partial charge < -0.3 is 10.1 Å². The Labute approximate surface area is 204 Å². The second-order valence-corrected chi connectivity index (χ2v) is 8.43. The number of methoxy groups -OCH3 is 1. The third-order valence-corrected chi connectivity index (χ3v) is 6.15. The van der Waals surface area contributed by atoms with Crippen LogP contribution in [-0.4, -0.2) is 40.1 Å². The highest BCUT2D eigenvalue weighted by Gasteiger charge is 2.17. The smallest absolute Gasteiger partial charge is 0.325 e. The Balaban J connectivity index is 1.48. The fraction of sp³-hybridized carbons (Fsp3) is 0.115. The van der Waals surface area contributed by atoms with Crippen molar-refractivity contribution >= 4 is 46.0 Å². The number of aromatic nitrogens is 2. The van der Waals surface area contributed by atoms with Crippen molar-refractivity contribution in [1.29, 1.82) is 0 Å². The van der Waals surface area contributed by atoms with E-state index in [1.807, 2.05) is 6.07 Å². The van der Waals surface area contributed by atoms with Crippen LogP contribution in [0.5, 0.6) is 0 Å². The van der Waals surface area contributed by atoms with Crippen LogP contribution in [0, 0.1) is 0 Å². The minimum Gasteiger partial charge on any atom is -0.468 e. The number of nitrogens with zero attached hydrogens (tertiary/aromatic N) is 2. The molecule has 0 unspecified atom stereocenters. The van der Waals surface area contributed by atoms with E-state index in [4.69, 9.17) is 4.74 Å². The minimum absolute atomic E-state index is 0.00166. The van der Waals surface area contributed by atoms with Gasteiger partial charge in [0.15, 0.2) is 10.9 Å². The lowest BCUT2D eigenvalue weighted by atomic mass is 10.1. The second-order valence-electron chi connectivity index (χ2n) is 7.49. The van der Waals surface area contributed by atoms with Crippen LogP contribution < -0.4 is 10.9 Å². The van der Waals surface area contributed by atoms with Gasteiger partial charge in [0, 0.05) is 16.8 Å². The van der Waals surface area contributed by atoms with Crippen LogP contribution >= 0.6 is 11.8 Å². The van der Waals surface area contributed by atoms with Crippen molar-refractivity contribution in [3.05, 3.63) is 100 Å². The predicted molar refractivity (Wildman–Crippen MR) is 134 cm³/mol. The highest BCUT2D eigenvalue weighted by molar-refractivity contribution is 7.99. The van der Waals surface area contributed by atoms with E-state index in [0.29, 0.717) is 27.7 Å². The zero-order valence-electron chi connectivity index (χ0n) is 18.8. The molecule has 0 saturated carbocycles. The van der Waals surface area contributed by atoms with Crippen molar-refractivity contribution in [2.75, 3.05) is 18.2 Å². The Morgan fingerprint density at radius 3 is 2.31 bits per heavy atom. The lowest BCUT2D eigenvalue weighted by molar-refractivity contribution is -0.141. The van der Waals surface area contributed by atoms with Gasteiger partial charge >= 0.3 is 5.97 Å². The normalized spacial score (nSPS) is 10.7. The van der Waals surface area contributed by atoms with Gasteiger partial charge in [-0.15, -0.1) is 0 Å². The van der Waals surface area contributed by atoms with Crippen LogP contribution in [0.15, 0.2) is 88.8 Å². The van der Waals surface area contributed by atoms with Crippen LogP contribution in [0.3, 0.4) is 0 Å². The molecule has 0 aliphatic carbocycles. The molecule has 0 fully saturated rings. The molecule has 4 aromatic rings. The zero-order valence-corrected chi connectivity index (χ0v) is 19.6. The Morgan fingerprint density at radius 2 is 1.60 bits per heavy atom. The number of para-hydroxylation sites is 1. The summed E-state index contributed by atoms with van der Waals surface area (Å²) in [5, 5.41) is 3.41. The average Bonchev–Trinajstić information content (AvgIpc) is 2.90. The highest BCUT2D eigenvalue weighted by atomic mass is 32.2. The van der Waals surface area contributed by atoms with Gasteiger partial charge in [0.1, 0.15) is 6.54 Å². The van der Waals surface area contributed by atoms with Crippen LogP contribution in [-0.2, 0) is 16.1 Å². The topological polar surface area (TPSA) is 107 Å². The molecule has 8 nitrogen and oxygen atoms in total. The van der Waals surface area contributed by atoms with Crippen molar-refractivity contribution in [1.82, 2.24) is 9.55 Å². The Hall–Kier alpha value is -4.24. The number of amides is 1. The number of esters is 1. The summed E-state index contributed by atoms with van der Waals surface area (Å²) in [5.41, 5.74) is 1.63. The number of hydrogen-bond donors (Lipinski definition) is 1. The van der Waals surface area contributed by atoms with E-state index >= 15 is 0 Å². The number of benzene rings is 3. The van der Waals surface area contributed by atoms with Crippen LogP contribution in [0.25, 0.3) is 10.9 Å². The molecule has 0 saturated heterocycles. The Bertz CT molecular complexity index is 1450. The number of hydrogen-bond acceptors (Lipinski definition) is 7. The van der Waals surface area contributed by atoms with Crippen molar-refractivity contribution in [2.24, 2.45) is 0 Å². The summed E-state index contributed by atoms with van der Waals surface area (Å²) in [6.45, 7) is -0.306. The Morgan fingerprint density at radius 1 is 0.914 bits per heavy atom. The lowest BCUT2D eigenvalue weighted by Crippen LogP contribution is -2.27. The third kappa shape index (κ3) is 5.64. The molecule has 3 aromatic carbocycles. The van der Waals surface area contributed by atoms with Gasteiger partial charge in [-0.25, -0.2) is 4.98 Å². The molecular weight excluding hydrogens is 466 g/mol. The van der Waals surface area contributed by atoms with E-state index in [0.717, 1.165) is 11.8 Å². The first kappa shape index (κ1) is 23.9. The summed E-state index contributed by atoms with van der Waals surface area (Å²) >= 11 is 1.07. The van der Waals surface area contributed by atoms with Crippen molar-refractivity contribution < 1.29 is 19.1 Å². The molecule has 0 radical (unpaired) electrons. The highest BCUT2D eigenvalue weighted by Crippen LogP contribution is 2.20. The SMILES string of the molecule is COC(=O)Cn1c(SCC(=O)c2ccc(NC(=O)c3ccccc3)cc2)nc2ccccc2c1=O. The molecule has 1 aromatic heterocycles. The molecule has 9 heteroatoms. The van der Waals surface area contributed by atoms with Gasteiger partial charge in [-0.3, -0.25) is 23.7 Å². The van der Waals surface area contributed by atoms with Gasteiger partial charge in [-0.05, 0) is 48.5 Å². The van der Waals surface area contributed by atoms with Gasteiger partial charge in [-0.1, -0.05) is 42.1 Å². The summed E-state index contributed by atoms with van der Waals surface area (Å²) in [7, 11) is 1.24. The fourth-order valence-corrected chi connectivity index (χ4v) is 4.23. The monoisotopic (exact) mass is 487 g/mol. The molecule has 0 spiro atoms. The number of thioether (sulfide) groups is 1. The molecule has 0 atom stereocenters. The van der Waals surface area contributed by atoms with Gasteiger partial charge in [0.25, 0.3) is 11.5 Å². The number of ketones is 1. The number of Topliss-reactive ketones (excluding diaryl/α,β-unsaturated/α-hetero) is 1. The number of carbonyl (C=O) groups is 3. The van der Waals surface area contributed by atoms with Crippen LogP contribution in [0.4, 0.5) is 5.69 Å². The molecule has 4 rings (SSSR count). The van der Waals surface area contributed by atoms with Crippen molar-refractivity contribution in [3.63, 3.8) is 0 Å². The standard InChI is InChI=1S/C26H21N3O5S/c1-34-23(31)15-29-25(33)20-9-5-6-10-21(20)28-26(29)35-16-22(30)17-11-13-19(14-12-17)27-24(32)18-7-3-2-4-8-18/h2-14H,15-16H2,1H3,(H,27,32). The van der Waals surface area contributed by atoms with E-state index in [1.165, 1.54) is 11.7 Å². The molecular formula is C26H21N3O5S. The number of carbonyl (C=O) groups excluding carboxylic acids is 3. The first-order chi connectivity index (χ1) is 17.0. The number of nitrogens with one attached hydrogen (secondary N) is 1. The van der Waals surface area contributed by atoms with Crippen molar-refractivity contribution in [3.8, 4) is 0 Å². The second kappa shape index (κ2) is 10.8.